The van der Waals surface area contributed by atoms with Crippen molar-refractivity contribution in [2.45, 2.75) is 27.2 Å². The topological polar surface area (TPSA) is 64.3 Å². The number of amides is 1. The van der Waals surface area contributed by atoms with Crippen LogP contribution in [0.15, 0.2) is 36.4 Å². The van der Waals surface area contributed by atoms with Crippen molar-refractivity contribution in [1.29, 1.82) is 0 Å². The highest BCUT2D eigenvalue weighted by Crippen LogP contribution is 2.24. The summed E-state index contributed by atoms with van der Waals surface area (Å²) >= 11 is 0. The molecular weight excluding hydrogens is 276 g/mol. The molecule has 0 bridgehead atoms. The average molecular weight is 298 g/mol. The van der Waals surface area contributed by atoms with Gasteiger partial charge in [-0.2, -0.15) is 0 Å². The number of carbonyl (C=O) groups is 1. The number of benzene rings is 2. The van der Waals surface area contributed by atoms with E-state index in [0.717, 1.165) is 28.8 Å². The van der Waals surface area contributed by atoms with Gasteiger partial charge >= 0.3 is 0 Å². The smallest absolute Gasteiger partial charge is 0.262 e. The molecule has 4 nitrogen and oxygen atoms in total. The molecule has 0 radical (unpaired) electrons. The summed E-state index contributed by atoms with van der Waals surface area (Å²) in [7, 11) is 0. The monoisotopic (exact) mass is 298 g/mol. The number of anilines is 2. The van der Waals surface area contributed by atoms with E-state index in [1.807, 2.05) is 57.2 Å². The fourth-order valence-corrected chi connectivity index (χ4v) is 2.38. The van der Waals surface area contributed by atoms with Gasteiger partial charge in [0.05, 0.1) is 0 Å². The zero-order valence-corrected chi connectivity index (χ0v) is 13.3. The first kappa shape index (κ1) is 15.9. The Kier molecular flexibility index (Phi) is 5.04. The Balaban J connectivity index is 2.03. The molecule has 116 valence electrons. The minimum atomic E-state index is -0.177. The Morgan fingerprint density at radius 1 is 1.23 bits per heavy atom. The molecule has 0 aliphatic rings. The second-order valence-corrected chi connectivity index (χ2v) is 5.38. The summed E-state index contributed by atoms with van der Waals surface area (Å²) in [5, 5.41) is 2.92. The fraction of sp³-hybridized carbons (Fsp3) is 0.278. The number of hydrogen-bond donors (Lipinski definition) is 2. The van der Waals surface area contributed by atoms with E-state index in [0.29, 0.717) is 11.4 Å². The quantitative estimate of drug-likeness (QED) is 0.831. The van der Waals surface area contributed by atoms with Crippen LogP contribution >= 0.6 is 0 Å². The molecule has 4 heteroatoms. The van der Waals surface area contributed by atoms with Crippen molar-refractivity contribution >= 4 is 17.3 Å². The average Bonchev–Trinajstić information content (AvgIpc) is 2.47. The van der Waals surface area contributed by atoms with Gasteiger partial charge in [-0.1, -0.05) is 19.1 Å². The number of carbonyl (C=O) groups excluding carboxylic acids is 1. The van der Waals surface area contributed by atoms with E-state index in [1.54, 1.807) is 0 Å². The van der Waals surface area contributed by atoms with Gasteiger partial charge in [0.15, 0.2) is 6.61 Å². The summed E-state index contributed by atoms with van der Waals surface area (Å²) < 4.78 is 5.52. The Bertz CT molecular complexity index is 681. The first-order valence-electron chi connectivity index (χ1n) is 7.38. The minimum absolute atomic E-state index is 0.0174. The lowest BCUT2D eigenvalue weighted by atomic mass is 10.0. The van der Waals surface area contributed by atoms with Crippen LogP contribution in [0.3, 0.4) is 0 Å². The fourth-order valence-electron chi connectivity index (χ4n) is 2.38. The molecule has 0 unspecified atom stereocenters. The van der Waals surface area contributed by atoms with Crippen LogP contribution in [-0.2, 0) is 11.2 Å². The Hall–Kier alpha value is -2.49. The summed E-state index contributed by atoms with van der Waals surface area (Å²) in [6.45, 7) is 5.94. The molecule has 0 saturated heterocycles. The van der Waals surface area contributed by atoms with E-state index in [2.05, 4.69) is 5.32 Å². The lowest BCUT2D eigenvalue weighted by molar-refractivity contribution is -0.118. The molecule has 0 aliphatic carbocycles. The molecule has 22 heavy (non-hydrogen) atoms. The van der Waals surface area contributed by atoms with Crippen molar-refractivity contribution in [3.8, 4) is 5.75 Å². The normalized spacial score (nSPS) is 10.3. The molecule has 0 fully saturated rings. The van der Waals surface area contributed by atoms with Gasteiger partial charge in [-0.15, -0.1) is 0 Å². The Labute approximate surface area is 131 Å². The molecule has 3 N–H and O–H groups in total. The SMILES string of the molecule is CCc1cc(N)cc(C)c1NC(=O)COc1cccc(C)c1. The van der Waals surface area contributed by atoms with Gasteiger partial charge in [-0.25, -0.2) is 0 Å². The van der Waals surface area contributed by atoms with Crippen molar-refractivity contribution < 1.29 is 9.53 Å². The van der Waals surface area contributed by atoms with Crippen LogP contribution in [0.5, 0.6) is 5.75 Å². The highest BCUT2D eigenvalue weighted by Gasteiger charge is 2.10. The summed E-state index contributed by atoms with van der Waals surface area (Å²) in [4.78, 5) is 12.1. The second kappa shape index (κ2) is 6.98. The Morgan fingerprint density at radius 2 is 2.00 bits per heavy atom. The highest BCUT2D eigenvalue weighted by molar-refractivity contribution is 5.93. The summed E-state index contributed by atoms with van der Waals surface area (Å²) in [5.74, 6) is 0.518. The van der Waals surface area contributed by atoms with E-state index < -0.39 is 0 Å². The van der Waals surface area contributed by atoms with Gasteiger partial charge in [0.2, 0.25) is 0 Å². The first-order valence-corrected chi connectivity index (χ1v) is 7.38. The van der Waals surface area contributed by atoms with Crippen molar-refractivity contribution in [3.05, 3.63) is 53.1 Å². The molecule has 0 spiro atoms. The zero-order valence-electron chi connectivity index (χ0n) is 13.3. The van der Waals surface area contributed by atoms with E-state index in [-0.39, 0.29) is 12.5 Å². The van der Waals surface area contributed by atoms with Gasteiger partial charge in [-0.3, -0.25) is 4.79 Å². The van der Waals surface area contributed by atoms with Crippen LogP contribution in [0.2, 0.25) is 0 Å². The zero-order chi connectivity index (χ0) is 16.1. The van der Waals surface area contributed by atoms with Gasteiger partial charge in [0.1, 0.15) is 5.75 Å². The summed E-state index contributed by atoms with van der Waals surface area (Å²) in [5.41, 5.74) is 10.5. The van der Waals surface area contributed by atoms with E-state index in [9.17, 15) is 4.79 Å². The van der Waals surface area contributed by atoms with Crippen LogP contribution in [0.4, 0.5) is 11.4 Å². The van der Waals surface area contributed by atoms with E-state index >= 15 is 0 Å². The van der Waals surface area contributed by atoms with Crippen molar-refractivity contribution in [3.63, 3.8) is 0 Å². The summed E-state index contributed by atoms with van der Waals surface area (Å²) in [6, 6.07) is 11.4. The van der Waals surface area contributed by atoms with Crippen LogP contribution < -0.4 is 15.8 Å². The maximum atomic E-state index is 12.1. The standard InChI is InChI=1S/C18H22N2O2/c1-4-14-10-15(19)9-13(3)18(14)20-17(21)11-22-16-7-5-6-12(2)8-16/h5-10H,4,11,19H2,1-3H3,(H,20,21). The minimum Gasteiger partial charge on any atom is -0.484 e. The largest absolute Gasteiger partial charge is 0.484 e. The van der Waals surface area contributed by atoms with E-state index in [4.69, 9.17) is 10.5 Å². The number of aryl methyl sites for hydroxylation is 3. The number of nitrogens with one attached hydrogen (secondary N) is 1. The Morgan fingerprint density at radius 3 is 2.68 bits per heavy atom. The molecule has 2 rings (SSSR count). The molecule has 0 atom stereocenters. The van der Waals surface area contributed by atoms with Crippen LogP contribution in [0, 0.1) is 13.8 Å². The van der Waals surface area contributed by atoms with Crippen molar-refractivity contribution in [1.82, 2.24) is 0 Å². The third-order valence-corrected chi connectivity index (χ3v) is 3.44. The lowest BCUT2D eigenvalue weighted by Crippen LogP contribution is -2.21. The maximum absolute atomic E-state index is 12.1. The van der Waals surface area contributed by atoms with Crippen molar-refractivity contribution in [2.24, 2.45) is 0 Å². The molecule has 0 saturated carbocycles. The van der Waals surface area contributed by atoms with Gasteiger partial charge in [0.25, 0.3) is 5.91 Å². The maximum Gasteiger partial charge on any atom is 0.262 e. The van der Waals surface area contributed by atoms with Crippen LogP contribution in [0.25, 0.3) is 0 Å². The lowest BCUT2D eigenvalue weighted by Gasteiger charge is -2.14. The van der Waals surface area contributed by atoms with Crippen LogP contribution in [0.1, 0.15) is 23.6 Å². The number of hydrogen-bond acceptors (Lipinski definition) is 3. The van der Waals surface area contributed by atoms with Crippen LogP contribution in [-0.4, -0.2) is 12.5 Å². The predicted molar refractivity (Wildman–Crippen MR) is 90.3 cm³/mol. The molecular formula is C18H22N2O2. The summed E-state index contributed by atoms with van der Waals surface area (Å²) in [6.07, 6.45) is 0.806. The molecule has 2 aromatic carbocycles. The second-order valence-electron chi connectivity index (χ2n) is 5.38. The van der Waals surface area contributed by atoms with E-state index in [1.165, 1.54) is 0 Å². The third-order valence-electron chi connectivity index (χ3n) is 3.44. The predicted octanol–water partition coefficient (Wildman–Crippen LogP) is 3.47. The highest BCUT2D eigenvalue weighted by atomic mass is 16.5. The number of nitrogens with two attached hydrogens (primary N) is 1. The number of rotatable bonds is 5. The number of nitrogen functional groups attached to an aromatic ring is 1. The molecule has 2 aromatic rings. The van der Waals surface area contributed by atoms with Gasteiger partial charge in [-0.05, 0) is 61.2 Å². The molecule has 1 amide bonds. The van der Waals surface area contributed by atoms with Gasteiger partial charge < -0.3 is 15.8 Å². The van der Waals surface area contributed by atoms with Crippen molar-refractivity contribution in [2.75, 3.05) is 17.7 Å². The first-order chi connectivity index (χ1) is 10.5. The molecule has 0 heterocycles. The number of ether oxygens (including phenoxy) is 1. The molecule has 0 aliphatic heterocycles. The van der Waals surface area contributed by atoms with Gasteiger partial charge in [0, 0.05) is 11.4 Å². The molecule has 0 aromatic heterocycles. The third kappa shape index (κ3) is 4.01.